The van der Waals surface area contributed by atoms with Crippen molar-refractivity contribution in [1.29, 1.82) is 0 Å². The lowest BCUT2D eigenvalue weighted by Crippen LogP contribution is -2.09. The maximum absolute atomic E-state index is 9.83. The van der Waals surface area contributed by atoms with Crippen molar-refractivity contribution in [2.45, 2.75) is 0 Å². The monoisotopic (exact) mass is 883 g/mol. The first-order valence-corrected chi connectivity index (χ1v) is 21.9. The van der Waals surface area contributed by atoms with E-state index in [2.05, 4.69) is 10.6 Å². The van der Waals surface area contributed by atoms with Crippen LogP contribution in [-0.4, -0.2) is 4.57 Å². The Morgan fingerprint density at radius 1 is 0.279 bits per heavy atom. The Balaban J connectivity index is 1.04. The van der Waals surface area contributed by atoms with Gasteiger partial charge in [0.05, 0.1) is 40.0 Å². The van der Waals surface area contributed by atoms with Gasteiger partial charge in [-0.15, -0.1) is 0 Å². The maximum atomic E-state index is 9.83. The Morgan fingerprint density at radius 3 is 1.38 bits per heavy atom. The number of hydrogen-bond acceptors (Lipinski definition) is 1. The highest BCUT2D eigenvalue weighted by Gasteiger charge is 2.18. The zero-order valence-corrected chi connectivity index (χ0v) is 36.1. The standard InChI is InChI=1S/C66H46N2/c1-4-15-47(16-5-1)49-27-29-50(30-28-49)51-31-38-58(39-32-51)67(59-40-33-52(34-41-59)56-22-14-21-55(45-56)48-17-6-2-7-18-48)60-42-35-53(36-43-60)57-37-44-66-63(46-57)62-24-11-13-26-65(62)68(66)64-25-12-10-23-61(64)54-19-8-3-9-20-54/h1-46H/i1D,4D,5D,15D,16D,27D,28D,29D,30D,31D,32D,35D,36D,38D,39D,42D,43D. The van der Waals surface area contributed by atoms with Crippen molar-refractivity contribution in [2.24, 2.45) is 0 Å². The van der Waals surface area contributed by atoms with E-state index in [-0.39, 0.29) is 11.3 Å². The largest absolute Gasteiger partial charge is 0.311 e. The summed E-state index contributed by atoms with van der Waals surface area (Å²) in [4.78, 5) is 1.14. The molecular weight excluding hydrogens is 821 g/mol. The first kappa shape index (κ1) is 26.2. The second-order valence-corrected chi connectivity index (χ2v) is 16.0. The van der Waals surface area contributed by atoms with Gasteiger partial charge in [-0.25, -0.2) is 0 Å². The molecule has 2 heteroatoms. The van der Waals surface area contributed by atoms with Gasteiger partial charge < -0.3 is 9.47 Å². The van der Waals surface area contributed by atoms with Gasteiger partial charge in [0.25, 0.3) is 0 Å². The first-order valence-electron chi connectivity index (χ1n) is 30.4. The van der Waals surface area contributed by atoms with Crippen LogP contribution in [0.1, 0.15) is 23.3 Å². The number of hydrogen-bond donors (Lipinski definition) is 0. The van der Waals surface area contributed by atoms with Gasteiger partial charge >= 0.3 is 0 Å². The Bertz CT molecular complexity index is 4620. The van der Waals surface area contributed by atoms with Crippen LogP contribution in [0.15, 0.2) is 279 Å². The van der Waals surface area contributed by atoms with Gasteiger partial charge in [0.2, 0.25) is 0 Å². The smallest absolute Gasteiger partial charge is 0.0645 e. The molecule has 0 aliphatic rings. The average molecular weight is 884 g/mol. The summed E-state index contributed by atoms with van der Waals surface area (Å²) in [5.41, 5.74) is 5.06. The molecule has 0 spiro atoms. The van der Waals surface area contributed by atoms with Crippen LogP contribution in [0.3, 0.4) is 0 Å². The zero-order chi connectivity index (χ0) is 60.0. The number of aromatic nitrogens is 1. The van der Waals surface area contributed by atoms with Gasteiger partial charge in [0.1, 0.15) is 0 Å². The summed E-state index contributed by atoms with van der Waals surface area (Å²) in [6.45, 7) is 0. The van der Waals surface area contributed by atoms with E-state index in [1.54, 1.807) is 30.3 Å². The van der Waals surface area contributed by atoms with E-state index in [0.717, 1.165) is 65.8 Å². The molecule has 0 N–H and O–H groups in total. The summed E-state index contributed by atoms with van der Waals surface area (Å²) in [6, 6.07) is 43.0. The van der Waals surface area contributed by atoms with E-state index in [0.29, 0.717) is 5.56 Å². The van der Waals surface area contributed by atoms with Crippen molar-refractivity contribution < 1.29 is 23.3 Å². The molecule has 0 atom stereocenters. The van der Waals surface area contributed by atoms with Crippen LogP contribution in [0.4, 0.5) is 17.1 Å². The number of anilines is 3. The molecule has 0 amide bonds. The van der Waals surface area contributed by atoms with Crippen LogP contribution in [0.5, 0.6) is 0 Å². The fraction of sp³-hybridized carbons (Fsp3) is 0. The molecule has 0 aliphatic carbocycles. The molecule has 68 heavy (non-hydrogen) atoms. The summed E-state index contributed by atoms with van der Waals surface area (Å²) >= 11 is 0. The third-order valence-corrected chi connectivity index (χ3v) is 11.9. The quantitative estimate of drug-likeness (QED) is 0.133. The van der Waals surface area contributed by atoms with E-state index >= 15 is 0 Å². The molecule has 12 aromatic rings. The van der Waals surface area contributed by atoms with E-state index < -0.39 is 136 Å². The molecule has 1 aromatic heterocycles. The Labute approximate surface area is 421 Å². The molecule has 0 aliphatic heterocycles. The van der Waals surface area contributed by atoms with Gasteiger partial charge in [0.15, 0.2) is 0 Å². The molecule has 11 aromatic carbocycles. The van der Waals surface area contributed by atoms with Crippen molar-refractivity contribution in [2.75, 3.05) is 4.90 Å². The summed E-state index contributed by atoms with van der Waals surface area (Å²) in [5.74, 6) is 0. The molecular formula is C66H46N2. The van der Waals surface area contributed by atoms with Crippen molar-refractivity contribution in [3.05, 3.63) is 279 Å². The molecule has 0 fully saturated rings. The minimum absolute atomic E-state index is 0.0407. The number of fused-ring (bicyclic) bond motifs is 3. The SMILES string of the molecule is [2H]c1c([2H])c([2H])c(-c2c([2H])c([2H])c(-c3c([2H])c([2H])c(N(c4ccc(-c5cccc(-c6ccccc6)c5)cc4)c4c([2H])c([2H])c(-c5ccc6c(c5)c5ccccc5n6-c5ccccc5-c5ccccc5)c([2H])c4[2H])c([2H])c3[2H])c([2H])c2[2H])c([2H])c1[2H]. The first-order chi connectivity index (χ1) is 40.8. The van der Waals surface area contributed by atoms with E-state index in [1.807, 2.05) is 140 Å². The minimum Gasteiger partial charge on any atom is -0.311 e. The summed E-state index contributed by atoms with van der Waals surface area (Å²) in [7, 11) is 0. The van der Waals surface area contributed by atoms with Crippen molar-refractivity contribution in [3.63, 3.8) is 0 Å². The molecule has 1 heterocycles. The van der Waals surface area contributed by atoms with Crippen molar-refractivity contribution in [1.82, 2.24) is 4.57 Å². The van der Waals surface area contributed by atoms with Crippen LogP contribution in [0.2, 0.25) is 0 Å². The van der Waals surface area contributed by atoms with Crippen LogP contribution in [-0.2, 0) is 0 Å². The van der Waals surface area contributed by atoms with Crippen molar-refractivity contribution >= 4 is 38.9 Å². The van der Waals surface area contributed by atoms with Crippen molar-refractivity contribution in [3.8, 4) is 72.4 Å². The highest BCUT2D eigenvalue weighted by atomic mass is 15.1. The lowest BCUT2D eigenvalue weighted by atomic mass is 9.98. The predicted molar refractivity (Wildman–Crippen MR) is 288 cm³/mol. The molecule has 0 saturated heterocycles. The Hall–Kier alpha value is -8.98. The lowest BCUT2D eigenvalue weighted by Gasteiger charge is -2.26. The van der Waals surface area contributed by atoms with Gasteiger partial charge in [-0.2, -0.15) is 0 Å². The molecule has 0 saturated carbocycles. The second kappa shape index (κ2) is 17.8. The number of nitrogens with zero attached hydrogens (tertiary/aromatic N) is 2. The second-order valence-electron chi connectivity index (χ2n) is 16.0. The van der Waals surface area contributed by atoms with Crippen LogP contribution < -0.4 is 4.90 Å². The lowest BCUT2D eigenvalue weighted by molar-refractivity contribution is 1.18. The van der Waals surface area contributed by atoms with Gasteiger partial charge in [-0.05, 0) is 128 Å². The van der Waals surface area contributed by atoms with Gasteiger partial charge in [0, 0.05) is 33.4 Å². The van der Waals surface area contributed by atoms with E-state index in [9.17, 15) is 11.0 Å². The van der Waals surface area contributed by atoms with Crippen LogP contribution in [0.25, 0.3) is 94.3 Å². The topological polar surface area (TPSA) is 8.17 Å². The van der Waals surface area contributed by atoms with E-state index in [4.69, 9.17) is 12.3 Å². The number of benzene rings is 11. The van der Waals surface area contributed by atoms with E-state index in [1.165, 1.54) is 0 Å². The zero-order valence-electron chi connectivity index (χ0n) is 53.1. The molecule has 0 bridgehead atoms. The fourth-order valence-electron chi connectivity index (χ4n) is 8.64. The predicted octanol–water partition coefficient (Wildman–Crippen LogP) is 18.3. The van der Waals surface area contributed by atoms with Crippen LogP contribution in [0, 0.1) is 0 Å². The molecule has 320 valence electrons. The molecule has 12 rings (SSSR count). The normalized spacial score (nSPS) is 14.7. The average Bonchev–Trinajstić information content (AvgIpc) is 2.01. The fourth-order valence-corrected chi connectivity index (χ4v) is 8.64. The highest BCUT2D eigenvalue weighted by Crippen LogP contribution is 2.41. The molecule has 0 unspecified atom stereocenters. The van der Waals surface area contributed by atoms with Gasteiger partial charge in [-0.3, -0.25) is 0 Å². The maximum Gasteiger partial charge on any atom is 0.0645 e. The minimum atomic E-state index is -0.880. The van der Waals surface area contributed by atoms with Crippen LogP contribution >= 0.6 is 0 Å². The summed E-state index contributed by atoms with van der Waals surface area (Å²) in [5, 5.41) is 1.65. The third-order valence-electron chi connectivity index (χ3n) is 11.9. The Kier molecular flexibility index (Phi) is 6.86. The Morgan fingerprint density at radius 2 is 0.735 bits per heavy atom. The van der Waals surface area contributed by atoms with Gasteiger partial charge in [-0.1, -0.05) is 212 Å². The number of rotatable bonds is 10. The molecule has 2 nitrogen and oxygen atoms in total. The number of para-hydroxylation sites is 2. The molecule has 0 radical (unpaired) electrons. The third kappa shape index (κ3) is 7.74. The summed E-state index contributed by atoms with van der Waals surface area (Å²) < 4.78 is 158. The highest BCUT2D eigenvalue weighted by molar-refractivity contribution is 6.11. The summed E-state index contributed by atoms with van der Waals surface area (Å²) in [6.07, 6.45) is 0.